The summed E-state index contributed by atoms with van der Waals surface area (Å²) >= 11 is 0. The van der Waals surface area contributed by atoms with Gasteiger partial charge >= 0.3 is 0 Å². The SMILES string of the molecule is c1ccc(-c2nc(-c3cccc(-c4ccc5c(c4)C4(c6ccccc6N5c5ccccc5)c5ccccc5C5(c6ccccc6-c6ccccc65)c5ccccc54)c3)nc(-c3cccc4ccccc34)n2)cc1. The van der Waals surface area contributed by atoms with Gasteiger partial charge in [-0.3, -0.25) is 0 Å². The van der Waals surface area contributed by atoms with Crippen LogP contribution in [0.15, 0.2) is 267 Å². The molecule has 0 amide bonds. The molecule has 340 valence electrons. The Kier molecular flexibility index (Phi) is 9.05. The van der Waals surface area contributed by atoms with Crippen LogP contribution >= 0.6 is 0 Å². The molecule has 0 radical (unpaired) electrons. The Bertz CT molecular complexity index is 4080. The van der Waals surface area contributed by atoms with Gasteiger partial charge in [0.1, 0.15) is 0 Å². The van der Waals surface area contributed by atoms with E-state index < -0.39 is 10.8 Å². The van der Waals surface area contributed by atoms with E-state index in [1.165, 1.54) is 55.6 Å². The first kappa shape index (κ1) is 41.3. The van der Waals surface area contributed by atoms with E-state index in [0.717, 1.165) is 55.7 Å². The maximum Gasteiger partial charge on any atom is 0.164 e. The maximum atomic E-state index is 5.28. The molecule has 0 N–H and O–H groups in total. The zero-order valence-electron chi connectivity index (χ0n) is 39.7. The summed E-state index contributed by atoms with van der Waals surface area (Å²) in [7, 11) is 0. The van der Waals surface area contributed by atoms with E-state index in [1.807, 2.05) is 18.2 Å². The molecule has 1 aliphatic heterocycles. The Labute approximate surface area is 424 Å². The lowest BCUT2D eigenvalue weighted by molar-refractivity contribution is 0.619. The zero-order chi connectivity index (χ0) is 48.1. The van der Waals surface area contributed by atoms with Gasteiger partial charge in [0.05, 0.1) is 22.2 Å². The smallest absolute Gasteiger partial charge is 0.164 e. The molecule has 2 spiro atoms. The van der Waals surface area contributed by atoms with Crippen molar-refractivity contribution < 1.29 is 0 Å². The minimum absolute atomic E-state index is 0.544. The van der Waals surface area contributed by atoms with Crippen molar-refractivity contribution in [1.29, 1.82) is 0 Å². The van der Waals surface area contributed by atoms with E-state index in [1.54, 1.807) is 0 Å². The van der Waals surface area contributed by atoms with Crippen molar-refractivity contribution in [3.05, 3.63) is 311 Å². The van der Waals surface area contributed by atoms with Crippen LogP contribution in [0.25, 0.3) is 67.2 Å². The van der Waals surface area contributed by atoms with Gasteiger partial charge in [-0.1, -0.05) is 231 Å². The van der Waals surface area contributed by atoms with Crippen molar-refractivity contribution in [1.82, 2.24) is 15.0 Å². The molecule has 4 heteroatoms. The predicted molar refractivity (Wildman–Crippen MR) is 296 cm³/mol. The first-order valence-corrected chi connectivity index (χ1v) is 25.1. The molecule has 0 fully saturated rings. The highest BCUT2D eigenvalue weighted by Crippen LogP contribution is 2.67. The number of aromatic nitrogens is 3. The fourth-order valence-corrected chi connectivity index (χ4v) is 12.9. The van der Waals surface area contributed by atoms with Gasteiger partial charge in [0.2, 0.25) is 0 Å². The second-order valence-electron chi connectivity index (χ2n) is 19.4. The van der Waals surface area contributed by atoms with Crippen molar-refractivity contribution in [3.63, 3.8) is 0 Å². The van der Waals surface area contributed by atoms with Crippen LogP contribution in [0.2, 0.25) is 0 Å². The molecule has 0 atom stereocenters. The lowest BCUT2D eigenvalue weighted by atomic mass is 9.50. The van der Waals surface area contributed by atoms with Gasteiger partial charge in [-0.05, 0) is 114 Å². The Balaban J connectivity index is 0.987. The molecule has 0 saturated carbocycles. The second kappa shape index (κ2) is 16.0. The maximum absolute atomic E-state index is 5.28. The van der Waals surface area contributed by atoms with Gasteiger partial charge < -0.3 is 4.90 Å². The molecule has 0 bridgehead atoms. The molecule has 0 unspecified atom stereocenters. The zero-order valence-corrected chi connectivity index (χ0v) is 39.7. The Hall–Kier alpha value is -9.51. The molecule has 1 aromatic heterocycles. The first-order chi connectivity index (χ1) is 36.2. The van der Waals surface area contributed by atoms with Crippen LogP contribution in [0.5, 0.6) is 0 Å². The van der Waals surface area contributed by atoms with Crippen molar-refractivity contribution in [2.45, 2.75) is 10.8 Å². The van der Waals surface area contributed by atoms with Gasteiger partial charge in [0, 0.05) is 22.4 Å². The molecule has 4 nitrogen and oxygen atoms in total. The van der Waals surface area contributed by atoms with E-state index in [-0.39, 0.29) is 0 Å². The first-order valence-electron chi connectivity index (χ1n) is 25.1. The number of anilines is 3. The van der Waals surface area contributed by atoms with E-state index in [2.05, 4.69) is 254 Å². The summed E-state index contributed by atoms with van der Waals surface area (Å²) in [6, 6.07) is 97.6. The average molecular weight is 929 g/mol. The molecular formula is C69H44N4. The molecule has 11 aromatic carbocycles. The lowest BCUT2D eigenvalue weighted by Gasteiger charge is -2.53. The molecule has 2 aliphatic carbocycles. The van der Waals surface area contributed by atoms with Crippen LogP contribution in [0.3, 0.4) is 0 Å². The number of nitrogens with zero attached hydrogens (tertiary/aromatic N) is 4. The molecule has 15 rings (SSSR count). The van der Waals surface area contributed by atoms with Crippen LogP contribution in [0.4, 0.5) is 17.1 Å². The van der Waals surface area contributed by atoms with Gasteiger partial charge in [0.25, 0.3) is 0 Å². The summed E-state index contributed by atoms with van der Waals surface area (Å²) in [4.78, 5) is 18.1. The summed E-state index contributed by atoms with van der Waals surface area (Å²) < 4.78 is 0. The molecule has 3 aliphatic rings. The minimum Gasteiger partial charge on any atom is -0.310 e. The number of hydrogen-bond acceptors (Lipinski definition) is 4. The van der Waals surface area contributed by atoms with E-state index >= 15 is 0 Å². The summed E-state index contributed by atoms with van der Waals surface area (Å²) in [6.45, 7) is 0. The number of fused-ring (bicyclic) bond motifs is 16. The lowest BCUT2D eigenvalue weighted by Crippen LogP contribution is -2.47. The molecule has 12 aromatic rings. The second-order valence-corrected chi connectivity index (χ2v) is 19.4. The topological polar surface area (TPSA) is 41.9 Å². The standard InChI is InChI=1S/C69H44N4/c1-3-22-46(23-4-1)65-70-66(72-67(71-65)54-32-20-24-45-21-7-8-29-51(45)54)49-26-19-25-47(43-49)48-41-42-64-62(44-48)69(61-39-17-18-40-63(61)73(64)50-27-5-2-6-28-50)59-37-15-13-35-57(59)68(58-36-14-16-38-60(58)69)55-33-11-9-30-52(55)53-31-10-12-34-56(53)68/h1-44H. The van der Waals surface area contributed by atoms with Crippen molar-refractivity contribution in [3.8, 4) is 56.4 Å². The minimum atomic E-state index is -0.720. The number of hydrogen-bond donors (Lipinski definition) is 0. The Morgan fingerprint density at radius 1 is 0.260 bits per heavy atom. The Morgan fingerprint density at radius 3 is 1.38 bits per heavy atom. The Morgan fingerprint density at radius 2 is 0.699 bits per heavy atom. The van der Waals surface area contributed by atoms with Crippen LogP contribution < -0.4 is 4.90 Å². The van der Waals surface area contributed by atoms with Gasteiger partial charge in [-0.2, -0.15) is 0 Å². The molecular weight excluding hydrogens is 885 g/mol. The predicted octanol–water partition coefficient (Wildman–Crippen LogP) is 16.5. The molecule has 2 heterocycles. The third-order valence-electron chi connectivity index (χ3n) is 15.8. The van der Waals surface area contributed by atoms with Crippen LogP contribution in [-0.2, 0) is 10.8 Å². The fraction of sp³-hybridized carbons (Fsp3) is 0.0290. The van der Waals surface area contributed by atoms with Gasteiger partial charge in [-0.15, -0.1) is 0 Å². The van der Waals surface area contributed by atoms with Crippen molar-refractivity contribution >= 4 is 27.8 Å². The number of para-hydroxylation sites is 2. The summed E-state index contributed by atoms with van der Waals surface area (Å²) in [5, 5.41) is 2.24. The van der Waals surface area contributed by atoms with E-state index in [4.69, 9.17) is 15.0 Å². The summed E-state index contributed by atoms with van der Waals surface area (Å²) in [5.74, 6) is 1.89. The van der Waals surface area contributed by atoms with Crippen LogP contribution in [0.1, 0.15) is 44.5 Å². The third kappa shape index (κ3) is 5.86. The molecule has 73 heavy (non-hydrogen) atoms. The largest absolute Gasteiger partial charge is 0.310 e. The highest BCUT2D eigenvalue weighted by atomic mass is 15.2. The summed E-state index contributed by atoms with van der Waals surface area (Å²) in [5.41, 5.74) is 20.0. The van der Waals surface area contributed by atoms with Crippen LogP contribution in [-0.4, -0.2) is 15.0 Å². The number of rotatable bonds is 5. The van der Waals surface area contributed by atoms with Crippen molar-refractivity contribution in [2.75, 3.05) is 4.90 Å². The highest BCUT2D eigenvalue weighted by Gasteiger charge is 2.58. The van der Waals surface area contributed by atoms with Gasteiger partial charge in [0.15, 0.2) is 17.5 Å². The quantitative estimate of drug-likeness (QED) is 0.172. The van der Waals surface area contributed by atoms with Crippen molar-refractivity contribution in [2.24, 2.45) is 0 Å². The van der Waals surface area contributed by atoms with Crippen LogP contribution in [0, 0.1) is 0 Å². The fourth-order valence-electron chi connectivity index (χ4n) is 12.9. The van der Waals surface area contributed by atoms with Gasteiger partial charge in [-0.25, -0.2) is 15.0 Å². The van der Waals surface area contributed by atoms with E-state index in [0.29, 0.717) is 17.5 Å². The average Bonchev–Trinajstić information content (AvgIpc) is 3.81. The monoisotopic (exact) mass is 928 g/mol. The van der Waals surface area contributed by atoms with E-state index in [9.17, 15) is 0 Å². The highest BCUT2D eigenvalue weighted by molar-refractivity contribution is 5.97. The third-order valence-corrected chi connectivity index (χ3v) is 15.8. The summed E-state index contributed by atoms with van der Waals surface area (Å²) in [6.07, 6.45) is 0. The normalized spacial score (nSPS) is 13.9. The number of benzene rings is 11. The molecule has 0 saturated heterocycles.